The van der Waals surface area contributed by atoms with Gasteiger partial charge in [-0.2, -0.15) is 0 Å². The molecule has 0 N–H and O–H groups in total. The number of hydrogen-bond donors (Lipinski definition) is 0. The van der Waals surface area contributed by atoms with E-state index in [1.54, 1.807) is 0 Å². The fraction of sp³-hybridized carbons (Fsp3) is 0.571. The molecule has 23 heavy (non-hydrogen) atoms. The molecule has 1 aromatic carbocycles. The summed E-state index contributed by atoms with van der Waals surface area (Å²) in [5.41, 5.74) is 1.14. The van der Waals surface area contributed by atoms with Crippen LogP contribution in [-0.4, -0.2) is 22.2 Å². The SMILES string of the molecule is CCC[CH2][Sn]([CH2]CCC)([CH2]CCC)[C](=O)/C=C/c1ccccc1. The van der Waals surface area contributed by atoms with Gasteiger partial charge in [0.2, 0.25) is 0 Å². The van der Waals surface area contributed by atoms with Gasteiger partial charge in [-0.3, -0.25) is 0 Å². The van der Waals surface area contributed by atoms with Crippen molar-refractivity contribution in [3.8, 4) is 0 Å². The molecule has 0 saturated heterocycles. The van der Waals surface area contributed by atoms with Crippen molar-refractivity contribution in [1.82, 2.24) is 0 Å². The van der Waals surface area contributed by atoms with E-state index in [0.717, 1.165) is 5.56 Å². The normalized spacial score (nSPS) is 12.0. The van der Waals surface area contributed by atoms with Crippen molar-refractivity contribution < 1.29 is 4.79 Å². The summed E-state index contributed by atoms with van der Waals surface area (Å²) < 4.78 is 4.31. The number of rotatable bonds is 12. The molecule has 0 spiro atoms. The van der Waals surface area contributed by atoms with E-state index in [2.05, 4.69) is 32.9 Å². The van der Waals surface area contributed by atoms with Gasteiger partial charge in [0.25, 0.3) is 0 Å². The van der Waals surface area contributed by atoms with Crippen LogP contribution in [0, 0.1) is 0 Å². The first-order valence-corrected chi connectivity index (χ1v) is 16.9. The van der Waals surface area contributed by atoms with Gasteiger partial charge in [0.05, 0.1) is 0 Å². The second-order valence-corrected chi connectivity index (χ2v) is 19.7. The number of hydrogen-bond acceptors (Lipinski definition) is 1. The maximum atomic E-state index is 13.2. The van der Waals surface area contributed by atoms with Crippen molar-refractivity contribution in [2.24, 2.45) is 0 Å². The van der Waals surface area contributed by atoms with E-state index >= 15 is 0 Å². The Balaban J connectivity index is 2.93. The molecule has 0 amide bonds. The van der Waals surface area contributed by atoms with E-state index in [4.69, 9.17) is 0 Å². The van der Waals surface area contributed by atoms with Crippen LogP contribution in [0.5, 0.6) is 0 Å². The Kier molecular flexibility index (Phi) is 10.6. The predicted octanol–water partition coefficient (Wildman–Crippen LogP) is 6.66. The van der Waals surface area contributed by atoms with Crippen LogP contribution in [0.3, 0.4) is 0 Å². The monoisotopic (exact) mass is 422 g/mol. The van der Waals surface area contributed by atoms with Gasteiger partial charge in [0, 0.05) is 0 Å². The molecule has 0 heterocycles. The third-order valence-electron chi connectivity index (χ3n) is 4.78. The molecule has 0 atom stereocenters. The molecular weight excluding hydrogens is 387 g/mol. The van der Waals surface area contributed by atoms with Gasteiger partial charge >= 0.3 is 148 Å². The van der Waals surface area contributed by atoms with Crippen LogP contribution < -0.4 is 0 Å². The van der Waals surface area contributed by atoms with Crippen molar-refractivity contribution in [3.63, 3.8) is 0 Å². The van der Waals surface area contributed by atoms with Crippen LogP contribution in [0.2, 0.25) is 13.3 Å². The Hall–Kier alpha value is -0.571. The molecule has 128 valence electrons. The summed E-state index contributed by atoms with van der Waals surface area (Å²) in [6, 6.07) is 10.2. The van der Waals surface area contributed by atoms with Gasteiger partial charge in [-0.1, -0.05) is 0 Å². The second-order valence-electron chi connectivity index (χ2n) is 6.70. The van der Waals surface area contributed by atoms with Crippen LogP contribution in [-0.2, 0) is 4.79 Å². The number of carbonyl (C=O) groups excluding carboxylic acids is 1. The first kappa shape index (κ1) is 20.5. The zero-order valence-electron chi connectivity index (χ0n) is 15.3. The van der Waals surface area contributed by atoms with E-state index in [1.165, 1.54) is 51.8 Å². The fourth-order valence-electron chi connectivity index (χ4n) is 3.20. The third-order valence-corrected chi connectivity index (χ3v) is 19.5. The average Bonchev–Trinajstić information content (AvgIpc) is 2.60. The van der Waals surface area contributed by atoms with Gasteiger partial charge in [-0.05, 0) is 0 Å². The number of carbonyl (C=O) groups is 1. The predicted molar refractivity (Wildman–Crippen MR) is 105 cm³/mol. The van der Waals surface area contributed by atoms with Crippen molar-refractivity contribution in [2.75, 3.05) is 0 Å². The van der Waals surface area contributed by atoms with Crippen LogP contribution in [0.4, 0.5) is 0 Å². The van der Waals surface area contributed by atoms with E-state index < -0.39 is 18.4 Å². The van der Waals surface area contributed by atoms with Crippen molar-refractivity contribution in [2.45, 2.75) is 72.6 Å². The van der Waals surface area contributed by atoms with E-state index in [-0.39, 0.29) is 0 Å². The fourth-order valence-corrected chi connectivity index (χ4v) is 17.5. The molecule has 1 nitrogen and oxygen atoms in total. The van der Waals surface area contributed by atoms with Crippen molar-refractivity contribution in [3.05, 3.63) is 42.0 Å². The zero-order chi connectivity index (χ0) is 17.0. The Morgan fingerprint density at radius 2 is 1.35 bits per heavy atom. The Labute approximate surface area is 147 Å². The number of benzene rings is 1. The van der Waals surface area contributed by atoms with Gasteiger partial charge in [-0.25, -0.2) is 0 Å². The summed E-state index contributed by atoms with van der Waals surface area (Å²) in [5, 5.41) is 0. The minimum atomic E-state index is -2.72. The molecule has 0 saturated carbocycles. The van der Waals surface area contributed by atoms with Crippen LogP contribution in [0.1, 0.15) is 64.9 Å². The maximum absolute atomic E-state index is 13.2. The van der Waals surface area contributed by atoms with Crippen LogP contribution in [0.25, 0.3) is 6.08 Å². The van der Waals surface area contributed by atoms with Crippen LogP contribution in [0.15, 0.2) is 36.4 Å². The quantitative estimate of drug-likeness (QED) is 0.273. The van der Waals surface area contributed by atoms with E-state index in [0.29, 0.717) is 3.80 Å². The molecule has 2 heteroatoms. The summed E-state index contributed by atoms with van der Waals surface area (Å²) in [4.78, 5) is 13.2. The molecule has 0 unspecified atom stereocenters. The Morgan fingerprint density at radius 1 is 0.870 bits per heavy atom. The van der Waals surface area contributed by atoms with Crippen molar-refractivity contribution in [1.29, 1.82) is 0 Å². The second kappa shape index (κ2) is 11.9. The molecule has 1 rings (SSSR count). The van der Waals surface area contributed by atoms with Gasteiger partial charge in [-0.15, -0.1) is 0 Å². The first-order valence-electron chi connectivity index (χ1n) is 9.46. The van der Waals surface area contributed by atoms with E-state index in [1.807, 2.05) is 30.4 Å². The molecule has 0 radical (unpaired) electrons. The third kappa shape index (κ3) is 7.24. The molecule has 0 bridgehead atoms. The topological polar surface area (TPSA) is 17.1 Å². The van der Waals surface area contributed by atoms with E-state index in [9.17, 15) is 4.79 Å². The summed E-state index contributed by atoms with van der Waals surface area (Å²) in [6.07, 6.45) is 11.4. The molecule has 0 aliphatic rings. The average molecular weight is 421 g/mol. The number of unbranched alkanes of at least 4 members (excludes halogenated alkanes) is 3. The molecule has 0 aliphatic carbocycles. The first-order chi connectivity index (χ1) is 11.2. The molecule has 0 aliphatic heterocycles. The summed E-state index contributed by atoms with van der Waals surface area (Å²) in [6.45, 7) is 6.75. The number of allylic oxidation sites excluding steroid dienone is 1. The van der Waals surface area contributed by atoms with Gasteiger partial charge in [0.15, 0.2) is 0 Å². The molecular formula is C21H34OSn. The summed E-state index contributed by atoms with van der Waals surface area (Å²) >= 11 is -2.72. The molecule has 0 fully saturated rings. The standard InChI is InChI=1S/C9H7O.3C4H9.Sn/c10-8-4-7-9-5-2-1-3-6-9;3*1-3-4-2;/h1-7H;3*1,3-4H2,2H3;/b7-4+;;;;. The Morgan fingerprint density at radius 3 is 1.78 bits per heavy atom. The summed E-state index contributed by atoms with van der Waals surface area (Å²) in [5.74, 6) is 0. The Bertz CT molecular complexity index is 442. The van der Waals surface area contributed by atoms with Gasteiger partial charge < -0.3 is 0 Å². The van der Waals surface area contributed by atoms with Crippen molar-refractivity contribution >= 4 is 28.3 Å². The minimum absolute atomic E-state index is 0.554. The summed E-state index contributed by atoms with van der Waals surface area (Å²) in [7, 11) is 0. The van der Waals surface area contributed by atoms with Gasteiger partial charge in [0.1, 0.15) is 0 Å². The zero-order valence-corrected chi connectivity index (χ0v) is 18.2. The molecule has 0 aromatic heterocycles. The molecule has 1 aromatic rings. The van der Waals surface area contributed by atoms with Crippen LogP contribution >= 0.6 is 0 Å².